The van der Waals surface area contributed by atoms with E-state index in [0.29, 0.717) is 36.6 Å². The Hall–Kier alpha value is -1.73. The van der Waals surface area contributed by atoms with Gasteiger partial charge in [0, 0.05) is 30.8 Å². The van der Waals surface area contributed by atoms with Crippen LogP contribution in [-0.4, -0.2) is 46.8 Å². The number of ether oxygens (including phenoxy) is 1. The van der Waals surface area contributed by atoms with Gasteiger partial charge in [-0.3, -0.25) is 4.79 Å². The number of hydrogen-bond acceptors (Lipinski definition) is 6. The van der Waals surface area contributed by atoms with Crippen LogP contribution < -0.4 is 0 Å². The highest BCUT2D eigenvalue weighted by Gasteiger charge is 2.42. The minimum Gasteiger partial charge on any atom is -0.425 e. The highest BCUT2D eigenvalue weighted by Crippen LogP contribution is 2.36. The number of piperidine rings is 1. The van der Waals surface area contributed by atoms with E-state index in [1.807, 2.05) is 24.0 Å². The first-order chi connectivity index (χ1) is 11.6. The maximum absolute atomic E-state index is 12.6. The first-order valence-corrected chi connectivity index (χ1v) is 9.18. The summed E-state index contributed by atoms with van der Waals surface area (Å²) >= 11 is 1.57. The molecule has 2 aromatic heterocycles. The predicted octanol–water partition coefficient (Wildman–Crippen LogP) is 2.47. The van der Waals surface area contributed by atoms with Crippen LogP contribution in [0.3, 0.4) is 0 Å². The van der Waals surface area contributed by atoms with Gasteiger partial charge >= 0.3 is 0 Å². The van der Waals surface area contributed by atoms with E-state index in [4.69, 9.17) is 9.15 Å². The zero-order chi connectivity index (χ0) is 16.7. The standard InChI is InChI=1S/C17H21N3O3S/c1-10-3-4-15(24-10)17(21)20-6-5-13-12(8-20)9-22-14(13)7-16-19-18-11(2)23-16/h3-4,12-14H,5-9H2,1-2H3/t12-,13-,14-/m1/s1. The van der Waals surface area contributed by atoms with E-state index in [2.05, 4.69) is 10.2 Å². The van der Waals surface area contributed by atoms with E-state index in [9.17, 15) is 4.79 Å². The number of fused-ring (bicyclic) bond motifs is 1. The Bertz CT molecular complexity index is 741. The molecule has 1 amide bonds. The number of thiophene rings is 1. The number of nitrogens with zero attached hydrogens (tertiary/aromatic N) is 3. The SMILES string of the molecule is Cc1nnc(C[C@H]2OC[C@H]3CN(C(=O)c4ccc(C)s4)CC[C@H]32)o1. The highest BCUT2D eigenvalue weighted by molar-refractivity contribution is 7.13. The second-order valence-corrected chi connectivity index (χ2v) is 7.95. The molecule has 2 aliphatic heterocycles. The zero-order valence-electron chi connectivity index (χ0n) is 13.9. The topological polar surface area (TPSA) is 68.5 Å². The molecule has 2 fully saturated rings. The lowest BCUT2D eigenvalue weighted by Crippen LogP contribution is -2.44. The van der Waals surface area contributed by atoms with Gasteiger partial charge in [0.15, 0.2) is 0 Å². The smallest absolute Gasteiger partial charge is 0.263 e. The molecule has 2 aromatic rings. The second kappa shape index (κ2) is 6.29. The summed E-state index contributed by atoms with van der Waals surface area (Å²) in [6.45, 7) is 6.10. The largest absolute Gasteiger partial charge is 0.425 e. The molecule has 4 rings (SSSR count). The van der Waals surface area contributed by atoms with Crippen LogP contribution in [0.15, 0.2) is 16.5 Å². The van der Waals surface area contributed by atoms with Gasteiger partial charge in [-0.05, 0) is 31.4 Å². The maximum Gasteiger partial charge on any atom is 0.263 e. The second-order valence-electron chi connectivity index (χ2n) is 6.66. The van der Waals surface area contributed by atoms with Gasteiger partial charge in [0.2, 0.25) is 11.8 Å². The van der Waals surface area contributed by atoms with Crippen LogP contribution in [0.5, 0.6) is 0 Å². The van der Waals surface area contributed by atoms with Gasteiger partial charge in [-0.1, -0.05) is 0 Å². The molecular formula is C17H21N3O3S. The summed E-state index contributed by atoms with van der Waals surface area (Å²) < 4.78 is 11.5. The first-order valence-electron chi connectivity index (χ1n) is 8.36. The van der Waals surface area contributed by atoms with Crippen LogP contribution in [0.25, 0.3) is 0 Å². The fourth-order valence-electron chi connectivity index (χ4n) is 3.78. The van der Waals surface area contributed by atoms with Crippen LogP contribution in [-0.2, 0) is 11.2 Å². The van der Waals surface area contributed by atoms with Gasteiger partial charge in [-0.15, -0.1) is 21.5 Å². The summed E-state index contributed by atoms with van der Waals surface area (Å²) in [6.07, 6.45) is 1.76. The number of hydrogen-bond donors (Lipinski definition) is 0. The van der Waals surface area contributed by atoms with Gasteiger partial charge in [0.25, 0.3) is 5.91 Å². The lowest BCUT2D eigenvalue weighted by atomic mass is 9.83. The summed E-state index contributed by atoms with van der Waals surface area (Å²) in [5.41, 5.74) is 0. The molecule has 0 radical (unpaired) electrons. The Balaban J connectivity index is 1.39. The number of carbonyl (C=O) groups is 1. The number of carbonyl (C=O) groups excluding carboxylic acids is 1. The number of rotatable bonds is 3. The average Bonchev–Trinajstić information content (AvgIpc) is 3.28. The maximum atomic E-state index is 12.6. The molecule has 6 nitrogen and oxygen atoms in total. The molecule has 0 bridgehead atoms. The van der Waals surface area contributed by atoms with Crippen molar-refractivity contribution in [1.29, 1.82) is 0 Å². The van der Waals surface area contributed by atoms with Crippen molar-refractivity contribution in [3.8, 4) is 0 Å². The Kier molecular flexibility index (Phi) is 4.14. The lowest BCUT2D eigenvalue weighted by molar-refractivity contribution is 0.0608. The number of amides is 1. The fraction of sp³-hybridized carbons (Fsp3) is 0.588. The highest BCUT2D eigenvalue weighted by atomic mass is 32.1. The van der Waals surface area contributed by atoms with Crippen LogP contribution >= 0.6 is 11.3 Å². The van der Waals surface area contributed by atoms with Crippen molar-refractivity contribution < 1.29 is 13.9 Å². The minimum absolute atomic E-state index is 0.121. The fourth-order valence-corrected chi connectivity index (χ4v) is 4.61. The molecule has 24 heavy (non-hydrogen) atoms. The lowest BCUT2D eigenvalue weighted by Gasteiger charge is -2.35. The quantitative estimate of drug-likeness (QED) is 0.853. The van der Waals surface area contributed by atoms with Crippen molar-refractivity contribution in [2.45, 2.75) is 32.8 Å². The molecule has 128 valence electrons. The van der Waals surface area contributed by atoms with Gasteiger partial charge < -0.3 is 14.1 Å². The van der Waals surface area contributed by atoms with Crippen LogP contribution in [0.2, 0.25) is 0 Å². The van der Waals surface area contributed by atoms with Crippen molar-refractivity contribution in [3.05, 3.63) is 33.7 Å². The molecule has 3 atom stereocenters. The average molecular weight is 347 g/mol. The molecule has 0 saturated carbocycles. The summed E-state index contributed by atoms with van der Waals surface area (Å²) in [5, 5.41) is 7.95. The third-order valence-corrected chi connectivity index (χ3v) is 5.97. The Labute approximate surface area is 144 Å². The predicted molar refractivity (Wildman–Crippen MR) is 89.0 cm³/mol. The number of likely N-dealkylation sites (tertiary alicyclic amines) is 1. The summed E-state index contributed by atoms with van der Waals surface area (Å²) in [5.74, 6) is 2.25. The molecule has 0 unspecified atom stereocenters. The van der Waals surface area contributed by atoms with E-state index in [1.54, 1.807) is 18.3 Å². The molecule has 4 heterocycles. The van der Waals surface area contributed by atoms with Gasteiger partial charge in [-0.2, -0.15) is 0 Å². The van der Waals surface area contributed by atoms with Gasteiger partial charge in [0.1, 0.15) is 0 Å². The molecular weight excluding hydrogens is 326 g/mol. The van der Waals surface area contributed by atoms with Crippen LogP contribution in [0, 0.1) is 25.7 Å². The number of aromatic nitrogens is 2. The monoisotopic (exact) mass is 347 g/mol. The first kappa shape index (κ1) is 15.8. The summed E-state index contributed by atoms with van der Waals surface area (Å²) in [6, 6.07) is 3.94. The molecule has 2 aliphatic rings. The third kappa shape index (κ3) is 2.98. The summed E-state index contributed by atoms with van der Waals surface area (Å²) in [4.78, 5) is 16.6. The molecule has 0 aliphatic carbocycles. The normalized spacial score (nSPS) is 26.6. The Morgan fingerprint density at radius 3 is 2.96 bits per heavy atom. The third-order valence-electron chi connectivity index (χ3n) is 4.98. The van der Waals surface area contributed by atoms with Crippen molar-refractivity contribution in [2.24, 2.45) is 11.8 Å². The molecule has 2 saturated heterocycles. The Morgan fingerprint density at radius 1 is 1.38 bits per heavy atom. The van der Waals surface area contributed by atoms with E-state index in [-0.39, 0.29) is 12.0 Å². The van der Waals surface area contributed by atoms with E-state index < -0.39 is 0 Å². The van der Waals surface area contributed by atoms with E-state index >= 15 is 0 Å². The van der Waals surface area contributed by atoms with Crippen LogP contribution in [0.4, 0.5) is 0 Å². The van der Waals surface area contributed by atoms with E-state index in [1.165, 1.54) is 4.88 Å². The number of aryl methyl sites for hydroxylation is 2. The Morgan fingerprint density at radius 2 is 2.25 bits per heavy atom. The van der Waals surface area contributed by atoms with Crippen molar-refractivity contribution in [1.82, 2.24) is 15.1 Å². The van der Waals surface area contributed by atoms with Crippen molar-refractivity contribution in [2.75, 3.05) is 19.7 Å². The molecule has 0 N–H and O–H groups in total. The summed E-state index contributed by atoms with van der Waals surface area (Å²) in [7, 11) is 0. The zero-order valence-corrected chi connectivity index (χ0v) is 14.7. The van der Waals surface area contributed by atoms with Gasteiger partial charge in [-0.25, -0.2) is 0 Å². The van der Waals surface area contributed by atoms with Crippen LogP contribution in [0.1, 0.15) is 32.8 Å². The van der Waals surface area contributed by atoms with Crippen molar-refractivity contribution >= 4 is 17.2 Å². The molecule has 0 aromatic carbocycles. The van der Waals surface area contributed by atoms with E-state index in [0.717, 1.165) is 24.4 Å². The molecule has 0 spiro atoms. The minimum atomic E-state index is 0.121. The van der Waals surface area contributed by atoms with Crippen molar-refractivity contribution in [3.63, 3.8) is 0 Å². The molecule has 7 heteroatoms. The van der Waals surface area contributed by atoms with Gasteiger partial charge in [0.05, 0.1) is 24.0 Å².